The molecule has 130 valence electrons. The maximum atomic E-state index is 12.5. The molecule has 0 spiro atoms. The molecule has 3 heterocycles. The Hall–Kier alpha value is -1.18. The lowest BCUT2D eigenvalue weighted by Gasteiger charge is -2.38. The topological polar surface area (TPSA) is 65.1 Å². The minimum absolute atomic E-state index is 0.0338. The van der Waals surface area contributed by atoms with Gasteiger partial charge in [-0.2, -0.15) is 0 Å². The molecular formula is C16H28N4O3. The van der Waals surface area contributed by atoms with Crippen molar-refractivity contribution in [2.45, 2.75) is 12.8 Å². The molecule has 3 fully saturated rings. The van der Waals surface area contributed by atoms with E-state index in [9.17, 15) is 9.59 Å². The highest BCUT2D eigenvalue weighted by Gasteiger charge is 2.28. The van der Waals surface area contributed by atoms with Crippen molar-refractivity contribution < 1.29 is 14.3 Å². The van der Waals surface area contributed by atoms with Crippen LogP contribution in [0.25, 0.3) is 0 Å². The number of morpholine rings is 1. The Morgan fingerprint density at radius 1 is 1.22 bits per heavy atom. The van der Waals surface area contributed by atoms with E-state index in [1.165, 1.54) is 6.42 Å². The summed E-state index contributed by atoms with van der Waals surface area (Å²) in [6.45, 7) is 8.36. The second-order valence-corrected chi connectivity index (χ2v) is 6.75. The number of amides is 2. The van der Waals surface area contributed by atoms with Gasteiger partial charge in [0.25, 0.3) is 0 Å². The number of nitrogens with one attached hydrogen (secondary N) is 1. The largest absolute Gasteiger partial charge is 0.379 e. The average molecular weight is 324 g/mol. The van der Waals surface area contributed by atoms with Crippen molar-refractivity contribution in [3.63, 3.8) is 0 Å². The molecular weight excluding hydrogens is 296 g/mol. The number of hydrogen-bond donors (Lipinski definition) is 1. The highest BCUT2D eigenvalue weighted by molar-refractivity contribution is 5.86. The van der Waals surface area contributed by atoms with Crippen molar-refractivity contribution in [1.82, 2.24) is 20.0 Å². The Kier molecular flexibility index (Phi) is 5.85. The van der Waals surface area contributed by atoms with Gasteiger partial charge < -0.3 is 19.9 Å². The Balaban J connectivity index is 1.47. The lowest BCUT2D eigenvalue weighted by atomic mass is 9.97. The standard InChI is InChI=1S/C16H28N4O3/c21-15-10-17-3-5-20(15)13-16(22)19-4-1-2-14(12-19)11-18-6-8-23-9-7-18/h14,17H,1-13H2/t14-/m1/s1. The summed E-state index contributed by atoms with van der Waals surface area (Å²) in [6.07, 6.45) is 2.25. The Morgan fingerprint density at radius 2 is 2.04 bits per heavy atom. The zero-order valence-corrected chi connectivity index (χ0v) is 13.8. The van der Waals surface area contributed by atoms with Gasteiger partial charge in [-0.3, -0.25) is 14.5 Å². The fourth-order valence-corrected chi connectivity index (χ4v) is 3.67. The summed E-state index contributed by atoms with van der Waals surface area (Å²) >= 11 is 0. The van der Waals surface area contributed by atoms with Gasteiger partial charge >= 0.3 is 0 Å². The van der Waals surface area contributed by atoms with Crippen LogP contribution >= 0.6 is 0 Å². The van der Waals surface area contributed by atoms with Crippen LogP contribution in [0.15, 0.2) is 0 Å². The number of carbonyl (C=O) groups excluding carboxylic acids is 2. The zero-order valence-electron chi connectivity index (χ0n) is 13.8. The average Bonchev–Trinajstić information content (AvgIpc) is 2.58. The molecule has 1 N–H and O–H groups in total. The van der Waals surface area contributed by atoms with E-state index in [1.807, 2.05) is 4.90 Å². The maximum absolute atomic E-state index is 12.5. The third-order valence-corrected chi connectivity index (χ3v) is 5.01. The van der Waals surface area contributed by atoms with E-state index in [2.05, 4.69) is 10.2 Å². The monoisotopic (exact) mass is 324 g/mol. The number of rotatable bonds is 4. The first-order valence-corrected chi connectivity index (χ1v) is 8.79. The molecule has 3 aliphatic heterocycles. The van der Waals surface area contributed by atoms with E-state index < -0.39 is 0 Å². The van der Waals surface area contributed by atoms with Crippen molar-refractivity contribution in [3.05, 3.63) is 0 Å². The molecule has 0 radical (unpaired) electrons. The summed E-state index contributed by atoms with van der Waals surface area (Å²) in [5.41, 5.74) is 0. The van der Waals surface area contributed by atoms with Crippen LogP contribution in [0.4, 0.5) is 0 Å². The lowest BCUT2D eigenvalue weighted by molar-refractivity contribution is -0.142. The predicted octanol–water partition coefficient (Wildman–Crippen LogP) is -1.01. The fraction of sp³-hybridized carbons (Fsp3) is 0.875. The van der Waals surface area contributed by atoms with Crippen LogP contribution in [-0.4, -0.2) is 98.6 Å². The highest BCUT2D eigenvalue weighted by atomic mass is 16.5. The SMILES string of the molecule is O=C1CNCCN1CC(=O)N1CCC[C@H](CN2CCOCC2)C1. The molecule has 0 saturated carbocycles. The third-order valence-electron chi connectivity index (χ3n) is 5.01. The quantitative estimate of drug-likeness (QED) is 0.718. The summed E-state index contributed by atoms with van der Waals surface area (Å²) < 4.78 is 5.39. The molecule has 2 amide bonds. The normalized spacial score (nSPS) is 27.3. The van der Waals surface area contributed by atoms with Gasteiger partial charge in [0.05, 0.1) is 26.3 Å². The molecule has 0 aromatic rings. The van der Waals surface area contributed by atoms with Crippen molar-refractivity contribution in [3.8, 4) is 0 Å². The van der Waals surface area contributed by atoms with E-state index in [4.69, 9.17) is 4.74 Å². The van der Waals surface area contributed by atoms with Gasteiger partial charge in [0.15, 0.2) is 0 Å². The minimum atomic E-state index is 0.0338. The molecule has 7 heteroatoms. The first-order valence-electron chi connectivity index (χ1n) is 8.79. The molecule has 0 aromatic carbocycles. The van der Waals surface area contributed by atoms with Gasteiger partial charge in [-0.15, -0.1) is 0 Å². The fourth-order valence-electron chi connectivity index (χ4n) is 3.67. The zero-order chi connectivity index (χ0) is 16.1. The van der Waals surface area contributed by atoms with Crippen LogP contribution in [0.3, 0.4) is 0 Å². The lowest BCUT2D eigenvalue weighted by Crippen LogP contribution is -2.53. The second kappa shape index (κ2) is 8.08. The Labute approximate surface area is 137 Å². The molecule has 0 aromatic heterocycles. The highest BCUT2D eigenvalue weighted by Crippen LogP contribution is 2.18. The summed E-state index contributed by atoms with van der Waals surface area (Å²) in [5, 5.41) is 3.04. The van der Waals surface area contributed by atoms with Crippen LogP contribution in [0.5, 0.6) is 0 Å². The molecule has 7 nitrogen and oxygen atoms in total. The van der Waals surface area contributed by atoms with Crippen molar-refractivity contribution in [1.29, 1.82) is 0 Å². The first kappa shape index (κ1) is 16.7. The molecule has 0 bridgehead atoms. The number of likely N-dealkylation sites (tertiary alicyclic amines) is 1. The number of piperazine rings is 1. The van der Waals surface area contributed by atoms with Gasteiger partial charge in [0.2, 0.25) is 11.8 Å². The maximum Gasteiger partial charge on any atom is 0.242 e. The van der Waals surface area contributed by atoms with Crippen molar-refractivity contribution >= 4 is 11.8 Å². The smallest absolute Gasteiger partial charge is 0.242 e. The molecule has 0 aliphatic carbocycles. The van der Waals surface area contributed by atoms with Gasteiger partial charge in [-0.05, 0) is 18.8 Å². The van der Waals surface area contributed by atoms with Crippen LogP contribution in [0.1, 0.15) is 12.8 Å². The second-order valence-electron chi connectivity index (χ2n) is 6.75. The van der Waals surface area contributed by atoms with E-state index in [0.29, 0.717) is 19.0 Å². The predicted molar refractivity (Wildman–Crippen MR) is 86.0 cm³/mol. The summed E-state index contributed by atoms with van der Waals surface area (Å²) in [4.78, 5) is 30.4. The van der Waals surface area contributed by atoms with Crippen LogP contribution < -0.4 is 5.32 Å². The number of hydrogen-bond acceptors (Lipinski definition) is 5. The molecule has 3 saturated heterocycles. The van der Waals surface area contributed by atoms with Gasteiger partial charge in [-0.1, -0.05) is 0 Å². The minimum Gasteiger partial charge on any atom is -0.379 e. The van der Waals surface area contributed by atoms with E-state index >= 15 is 0 Å². The van der Waals surface area contributed by atoms with Gasteiger partial charge in [0.1, 0.15) is 0 Å². The molecule has 0 unspecified atom stereocenters. The van der Waals surface area contributed by atoms with Gasteiger partial charge in [-0.25, -0.2) is 0 Å². The number of ether oxygens (including phenoxy) is 1. The Morgan fingerprint density at radius 3 is 2.83 bits per heavy atom. The summed E-state index contributed by atoms with van der Waals surface area (Å²) in [6, 6.07) is 0. The van der Waals surface area contributed by atoms with E-state index in [1.54, 1.807) is 4.90 Å². The van der Waals surface area contributed by atoms with Crippen molar-refractivity contribution in [2.75, 3.05) is 72.1 Å². The third kappa shape index (κ3) is 4.65. The Bertz CT molecular complexity index is 426. The van der Waals surface area contributed by atoms with Gasteiger partial charge in [0, 0.05) is 45.8 Å². The van der Waals surface area contributed by atoms with Crippen LogP contribution in [-0.2, 0) is 14.3 Å². The van der Waals surface area contributed by atoms with E-state index in [-0.39, 0.29) is 18.4 Å². The summed E-state index contributed by atoms with van der Waals surface area (Å²) in [7, 11) is 0. The summed E-state index contributed by atoms with van der Waals surface area (Å²) in [5.74, 6) is 0.683. The number of nitrogens with zero attached hydrogens (tertiary/aromatic N) is 3. The van der Waals surface area contributed by atoms with Crippen molar-refractivity contribution in [2.24, 2.45) is 5.92 Å². The molecule has 3 aliphatic rings. The van der Waals surface area contributed by atoms with Crippen LogP contribution in [0, 0.1) is 5.92 Å². The molecule has 23 heavy (non-hydrogen) atoms. The molecule has 1 atom stereocenters. The van der Waals surface area contributed by atoms with E-state index in [0.717, 1.165) is 58.9 Å². The number of piperidine rings is 1. The first-order chi connectivity index (χ1) is 11.2. The molecule has 3 rings (SSSR count). The van der Waals surface area contributed by atoms with Crippen LogP contribution in [0.2, 0.25) is 0 Å². The number of carbonyl (C=O) groups is 2.